The topological polar surface area (TPSA) is 85.3 Å². The highest BCUT2D eigenvalue weighted by atomic mass is 32.2. The number of carbonyl (C=O) groups is 2. The second kappa shape index (κ2) is 9.19. The van der Waals surface area contributed by atoms with Crippen LogP contribution >= 0.6 is 24.0 Å². The molecule has 156 valence electrons. The van der Waals surface area contributed by atoms with Crippen LogP contribution in [0.1, 0.15) is 11.1 Å². The van der Waals surface area contributed by atoms with Crippen molar-refractivity contribution in [1.29, 1.82) is 0 Å². The summed E-state index contributed by atoms with van der Waals surface area (Å²) in [6.07, 6.45) is 1.61. The molecule has 9 heteroatoms. The molecule has 1 fully saturated rings. The van der Waals surface area contributed by atoms with Gasteiger partial charge >= 0.3 is 5.97 Å². The number of ether oxygens (including phenoxy) is 3. The van der Waals surface area contributed by atoms with Crippen LogP contribution < -0.4 is 19.1 Å². The number of benzene rings is 2. The average molecular weight is 446 g/mol. The first-order chi connectivity index (χ1) is 14.4. The lowest BCUT2D eigenvalue weighted by Gasteiger charge is -2.15. The summed E-state index contributed by atoms with van der Waals surface area (Å²) >= 11 is 6.58. The lowest BCUT2D eigenvalue weighted by Crippen LogP contribution is -2.27. The zero-order valence-corrected chi connectivity index (χ0v) is 18.1. The lowest BCUT2D eigenvalue weighted by atomic mass is 10.1. The fraction of sp³-hybridized carbons (Fsp3) is 0.190. The van der Waals surface area contributed by atoms with Crippen molar-refractivity contribution in [3.05, 3.63) is 52.4 Å². The second-order valence-corrected chi connectivity index (χ2v) is 7.85. The van der Waals surface area contributed by atoms with E-state index in [1.54, 1.807) is 42.5 Å². The molecule has 0 atom stereocenters. The molecule has 2 aromatic rings. The smallest absolute Gasteiger partial charge is 0.307 e. The summed E-state index contributed by atoms with van der Waals surface area (Å²) in [5.74, 6) is 0.201. The molecule has 1 N–H and O–H groups in total. The molecular formula is C21H19NO6S2. The van der Waals surface area contributed by atoms with Crippen molar-refractivity contribution < 1.29 is 28.9 Å². The summed E-state index contributed by atoms with van der Waals surface area (Å²) in [5.41, 5.74) is 1.86. The Hall–Kier alpha value is -3.04. The summed E-state index contributed by atoms with van der Waals surface area (Å²) < 4.78 is 16.5. The van der Waals surface area contributed by atoms with Crippen LogP contribution in [0, 0.1) is 0 Å². The van der Waals surface area contributed by atoms with Crippen LogP contribution in [0.5, 0.6) is 17.2 Å². The first-order valence-corrected chi connectivity index (χ1v) is 9.99. The van der Waals surface area contributed by atoms with E-state index >= 15 is 0 Å². The number of hydrogen-bond acceptors (Lipinski definition) is 7. The van der Waals surface area contributed by atoms with Crippen molar-refractivity contribution in [1.82, 2.24) is 0 Å². The minimum absolute atomic E-state index is 0.0856. The summed E-state index contributed by atoms with van der Waals surface area (Å²) in [6, 6.07) is 10.2. The van der Waals surface area contributed by atoms with Crippen LogP contribution in [0.15, 0.2) is 41.3 Å². The zero-order valence-electron chi connectivity index (χ0n) is 16.5. The zero-order chi connectivity index (χ0) is 21.8. The number of carboxylic acids is 1. The van der Waals surface area contributed by atoms with E-state index in [0.717, 1.165) is 0 Å². The quantitative estimate of drug-likeness (QED) is 0.510. The Balaban J connectivity index is 1.93. The molecule has 1 amide bonds. The molecular weight excluding hydrogens is 426 g/mol. The minimum Gasteiger partial charge on any atom is -0.493 e. The van der Waals surface area contributed by atoms with E-state index in [2.05, 4.69) is 0 Å². The first kappa shape index (κ1) is 21.7. The number of nitrogens with zero attached hydrogens (tertiary/aromatic N) is 1. The summed E-state index contributed by atoms with van der Waals surface area (Å²) in [6.45, 7) is 0. The van der Waals surface area contributed by atoms with Crippen LogP contribution in [0.25, 0.3) is 6.08 Å². The molecule has 0 radical (unpaired) electrons. The number of hydrogen-bond donors (Lipinski definition) is 1. The molecule has 2 aromatic carbocycles. The van der Waals surface area contributed by atoms with Crippen molar-refractivity contribution >= 4 is 51.9 Å². The van der Waals surface area contributed by atoms with Gasteiger partial charge in [0.1, 0.15) is 0 Å². The molecule has 1 saturated heterocycles. The predicted octanol–water partition coefficient (Wildman–Crippen LogP) is 3.75. The maximum Gasteiger partial charge on any atom is 0.307 e. The van der Waals surface area contributed by atoms with Gasteiger partial charge in [0.2, 0.25) is 5.75 Å². The third kappa shape index (κ3) is 4.27. The van der Waals surface area contributed by atoms with Gasteiger partial charge in [-0.1, -0.05) is 36.1 Å². The highest BCUT2D eigenvalue weighted by molar-refractivity contribution is 8.27. The molecule has 30 heavy (non-hydrogen) atoms. The number of thiocarbonyl (C=S) groups is 1. The van der Waals surface area contributed by atoms with Crippen LogP contribution in [-0.2, 0) is 16.0 Å². The van der Waals surface area contributed by atoms with Gasteiger partial charge in [-0.3, -0.25) is 14.5 Å². The van der Waals surface area contributed by atoms with Crippen LogP contribution in [-0.4, -0.2) is 42.6 Å². The molecule has 7 nitrogen and oxygen atoms in total. The van der Waals surface area contributed by atoms with E-state index in [1.807, 2.05) is 0 Å². The third-order valence-corrected chi connectivity index (χ3v) is 5.67. The Bertz CT molecular complexity index is 1030. The van der Waals surface area contributed by atoms with Gasteiger partial charge in [0.25, 0.3) is 5.91 Å². The van der Waals surface area contributed by atoms with Crippen molar-refractivity contribution in [2.24, 2.45) is 0 Å². The molecule has 1 heterocycles. The highest BCUT2D eigenvalue weighted by Crippen LogP contribution is 2.43. The van der Waals surface area contributed by atoms with Crippen molar-refractivity contribution in [3.8, 4) is 17.2 Å². The summed E-state index contributed by atoms with van der Waals surface area (Å²) in [4.78, 5) is 25.7. The predicted molar refractivity (Wildman–Crippen MR) is 120 cm³/mol. The van der Waals surface area contributed by atoms with Gasteiger partial charge in [0.05, 0.1) is 38.3 Å². The lowest BCUT2D eigenvalue weighted by molar-refractivity contribution is -0.136. The Morgan fingerprint density at radius 2 is 1.73 bits per heavy atom. The summed E-state index contributed by atoms with van der Waals surface area (Å²) in [5, 5.41) is 8.90. The van der Waals surface area contributed by atoms with E-state index in [0.29, 0.717) is 43.3 Å². The van der Waals surface area contributed by atoms with Gasteiger partial charge in [-0.25, -0.2) is 0 Å². The Labute approximate surface area is 183 Å². The van der Waals surface area contributed by atoms with Gasteiger partial charge in [-0.15, -0.1) is 0 Å². The van der Waals surface area contributed by atoms with Crippen molar-refractivity contribution in [3.63, 3.8) is 0 Å². The van der Waals surface area contributed by atoms with E-state index in [9.17, 15) is 9.59 Å². The molecule has 0 aromatic heterocycles. The maximum atomic E-state index is 13.0. The average Bonchev–Trinajstić information content (AvgIpc) is 3.00. The third-order valence-electron chi connectivity index (χ3n) is 4.36. The molecule has 3 rings (SSSR count). The molecule has 0 saturated carbocycles. The Morgan fingerprint density at radius 3 is 2.30 bits per heavy atom. The van der Waals surface area contributed by atoms with E-state index in [-0.39, 0.29) is 12.3 Å². The van der Waals surface area contributed by atoms with Gasteiger partial charge in [0.15, 0.2) is 15.8 Å². The maximum absolute atomic E-state index is 13.0. The normalized spacial score (nSPS) is 14.9. The Kier molecular flexibility index (Phi) is 6.63. The molecule has 0 unspecified atom stereocenters. The first-order valence-electron chi connectivity index (χ1n) is 8.77. The SMILES string of the molecule is COc1ccc(/C=C2\SC(=S)N(c3ccc(CC(=O)O)cc3)C2=O)c(OC)c1OC. The fourth-order valence-electron chi connectivity index (χ4n) is 3.01. The number of carboxylic acid groups (broad SMARTS) is 1. The largest absolute Gasteiger partial charge is 0.493 e. The van der Waals surface area contributed by atoms with Gasteiger partial charge < -0.3 is 19.3 Å². The van der Waals surface area contributed by atoms with Gasteiger partial charge in [-0.2, -0.15) is 0 Å². The van der Waals surface area contributed by atoms with Gasteiger partial charge in [-0.05, 0) is 35.9 Å². The fourth-order valence-corrected chi connectivity index (χ4v) is 4.30. The van der Waals surface area contributed by atoms with E-state index in [4.69, 9.17) is 31.5 Å². The van der Waals surface area contributed by atoms with Crippen LogP contribution in [0.3, 0.4) is 0 Å². The number of rotatable bonds is 7. The minimum atomic E-state index is -0.917. The van der Waals surface area contributed by atoms with Gasteiger partial charge in [0, 0.05) is 5.56 Å². The standard InChI is InChI=1S/C21H19NO6S2/c1-26-15-9-6-13(18(27-2)19(15)28-3)11-16-20(25)22(21(29)30-16)14-7-4-12(5-8-14)10-17(23)24/h4-9,11H,10H2,1-3H3,(H,23,24)/b16-11-. The number of anilines is 1. The monoisotopic (exact) mass is 445 g/mol. The van der Waals surface area contributed by atoms with Crippen LogP contribution in [0.2, 0.25) is 0 Å². The molecule has 1 aliphatic heterocycles. The summed E-state index contributed by atoms with van der Waals surface area (Å²) in [7, 11) is 4.56. The number of thioether (sulfide) groups is 1. The Morgan fingerprint density at radius 1 is 1.07 bits per heavy atom. The molecule has 0 aliphatic carbocycles. The van der Waals surface area contributed by atoms with Crippen molar-refractivity contribution in [2.75, 3.05) is 26.2 Å². The van der Waals surface area contributed by atoms with Crippen LogP contribution in [0.4, 0.5) is 5.69 Å². The molecule has 0 bridgehead atoms. The number of amides is 1. The number of methoxy groups -OCH3 is 3. The van der Waals surface area contributed by atoms with E-state index in [1.165, 1.54) is 38.0 Å². The van der Waals surface area contributed by atoms with E-state index < -0.39 is 5.97 Å². The second-order valence-electron chi connectivity index (χ2n) is 6.18. The molecule has 0 spiro atoms. The highest BCUT2D eigenvalue weighted by Gasteiger charge is 2.33. The number of aliphatic carboxylic acids is 1. The molecule has 1 aliphatic rings. The van der Waals surface area contributed by atoms with Crippen molar-refractivity contribution in [2.45, 2.75) is 6.42 Å². The number of carbonyl (C=O) groups excluding carboxylic acids is 1.